The fraction of sp³-hybridized carbons (Fsp3) is 0.636. The van der Waals surface area contributed by atoms with Gasteiger partial charge >= 0.3 is 0 Å². The van der Waals surface area contributed by atoms with Gasteiger partial charge < -0.3 is 0 Å². The summed E-state index contributed by atoms with van der Waals surface area (Å²) in [5.74, 6) is 0.412. The van der Waals surface area contributed by atoms with Gasteiger partial charge in [-0.3, -0.25) is 0 Å². The van der Waals surface area contributed by atoms with Gasteiger partial charge in [-0.05, 0) is 23.0 Å². The maximum atomic E-state index is 13.1. The lowest BCUT2D eigenvalue weighted by Gasteiger charge is -2.20. The van der Waals surface area contributed by atoms with Crippen molar-refractivity contribution in [3.05, 3.63) is 21.6 Å². The molecule has 74 valence electrons. The second kappa shape index (κ2) is 3.41. The highest BCUT2D eigenvalue weighted by Crippen LogP contribution is 2.36. The van der Waals surface area contributed by atoms with Crippen LogP contribution in [-0.2, 0) is 5.41 Å². The molecule has 2 heteroatoms. The average Bonchev–Trinajstić information content (AvgIpc) is 2.29. The van der Waals surface area contributed by atoms with Crippen LogP contribution in [0.5, 0.6) is 0 Å². The Morgan fingerprint density at radius 1 is 1.31 bits per heavy atom. The molecule has 13 heavy (non-hydrogen) atoms. The normalized spacial score (nSPS) is 12.5. The highest BCUT2D eigenvalue weighted by molar-refractivity contribution is 7.10. The molecule has 0 saturated heterocycles. The minimum Gasteiger partial charge on any atom is -0.195 e. The molecule has 1 heterocycles. The molecular formula is C11H17FS. The van der Waals surface area contributed by atoms with Crippen molar-refractivity contribution in [1.82, 2.24) is 0 Å². The molecule has 0 saturated carbocycles. The smallest absolute Gasteiger partial charge is 0.176 e. The number of halogens is 1. The zero-order valence-corrected chi connectivity index (χ0v) is 9.76. The predicted molar refractivity (Wildman–Crippen MR) is 57.1 cm³/mol. The van der Waals surface area contributed by atoms with Crippen LogP contribution in [-0.4, -0.2) is 0 Å². The summed E-state index contributed by atoms with van der Waals surface area (Å²) in [5, 5.41) is -0.0615. The van der Waals surface area contributed by atoms with Crippen molar-refractivity contribution >= 4 is 11.3 Å². The number of rotatable bonds is 1. The lowest BCUT2D eigenvalue weighted by atomic mass is 9.88. The largest absolute Gasteiger partial charge is 0.195 e. The Morgan fingerprint density at radius 2 is 1.85 bits per heavy atom. The first-order valence-corrected chi connectivity index (χ1v) is 5.43. The topological polar surface area (TPSA) is 0 Å². The van der Waals surface area contributed by atoms with Crippen LogP contribution >= 0.6 is 11.3 Å². The van der Waals surface area contributed by atoms with Gasteiger partial charge in [0.25, 0.3) is 0 Å². The van der Waals surface area contributed by atoms with Gasteiger partial charge in [0.2, 0.25) is 0 Å². The third-order valence-corrected chi connectivity index (χ3v) is 3.40. The molecule has 1 aromatic heterocycles. The second-order valence-corrected chi connectivity index (χ2v) is 5.74. The Hall–Kier alpha value is -0.370. The maximum absolute atomic E-state index is 13.1. The lowest BCUT2D eigenvalue weighted by Crippen LogP contribution is -2.11. The van der Waals surface area contributed by atoms with Crippen molar-refractivity contribution in [3.8, 4) is 0 Å². The van der Waals surface area contributed by atoms with Gasteiger partial charge in [-0.1, -0.05) is 34.6 Å². The lowest BCUT2D eigenvalue weighted by molar-refractivity contribution is 0.592. The van der Waals surface area contributed by atoms with Crippen LogP contribution in [0.4, 0.5) is 4.39 Å². The molecule has 0 bridgehead atoms. The van der Waals surface area contributed by atoms with Crippen molar-refractivity contribution in [1.29, 1.82) is 0 Å². The zero-order valence-electron chi connectivity index (χ0n) is 8.94. The van der Waals surface area contributed by atoms with E-state index >= 15 is 0 Å². The summed E-state index contributed by atoms with van der Waals surface area (Å²) >= 11 is 1.28. The van der Waals surface area contributed by atoms with E-state index in [1.165, 1.54) is 16.2 Å². The molecule has 1 rings (SSSR count). The number of thiophene rings is 1. The number of hydrogen-bond donors (Lipinski definition) is 0. The van der Waals surface area contributed by atoms with E-state index < -0.39 is 0 Å². The fourth-order valence-electron chi connectivity index (χ4n) is 1.39. The molecule has 0 nitrogen and oxygen atoms in total. The van der Waals surface area contributed by atoms with E-state index in [0.717, 1.165) is 5.56 Å². The molecule has 0 aromatic carbocycles. The van der Waals surface area contributed by atoms with Crippen molar-refractivity contribution in [3.63, 3.8) is 0 Å². The van der Waals surface area contributed by atoms with Gasteiger partial charge in [-0.2, -0.15) is 4.39 Å². The summed E-state index contributed by atoms with van der Waals surface area (Å²) in [6, 6.07) is 1.68. The monoisotopic (exact) mass is 200 g/mol. The van der Waals surface area contributed by atoms with Crippen LogP contribution in [0.1, 0.15) is 51.0 Å². The Balaban J connectivity index is 3.20. The van der Waals surface area contributed by atoms with Crippen LogP contribution in [0, 0.1) is 5.13 Å². The molecule has 0 unspecified atom stereocenters. The van der Waals surface area contributed by atoms with Crippen molar-refractivity contribution in [2.45, 2.75) is 46.0 Å². The van der Waals surface area contributed by atoms with Gasteiger partial charge in [0, 0.05) is 4.88 Å². The van der Waals surface area contributed by atoms with Gasteiger partial charge in [0.15, 0.2) is 5.13 Å². The van der Waals surface area contributed by atoms with Gasteiger partial charge in [-0.25, -0.2) is 0 Å². The first kappa shape index (κ1) is 10.7. The molecule has 1 aromatic rings. The average molecular weight is 200 g/mol. The molecule has 0 aliphatic rings. The van der Waals surface area contributed by atoms with E-state index in [4.69, 9.17) is 0 Å². The summed E-state index contributed by atoms with van der Waals surface area (Å²) in [7, 11) is 0. The Labute approximate surface area is 83.8 Å². The minimum atomic E-state index is -0.0615. The fourth-order valence-corrected chi connectivity index (χ4v) is 2.49. The van der Waals surface area contributed by atoms with Crippen LogP contribution in [0.2, 0.25) is 0 Å². The SMILES string of the molecule is CC(C)c1cc(F)sc1C(C)(C)C. The summed E-state index contributed by atoms with van der Waals surface area (Å²) in [4.78, 5) is 1.18. The van der Waals surface area contributed by atoms with Crippen LogP contribution in [0.25, 0.3) is 0 Å². The van der Waals surface area contributed by atoms with E-state index in [1.807, 2.05) is 0 Å². The third kappa shape index (κ3) is 2.31. The van der Waals surface area contributed by atoms with Crippen molar-refractivity contribution < 1.29 is 4.39 Å². The second-order valence-electron chi connectivity index (χ2n) is 4.74. The zero-order chi connectivity index (χ0) is 10.2. The highest BCUT2D eigenvalue weighted by atomic mass is 32.1. The predicted octanol–water partition coefficient (Wildman–Crippen LogP) is 4.31. The van der Waals surface area contributed by atoms with Crippen LogP contribution in [0.15, 0.2) is 6.07 Å². The van der Waals surface area contributed by atoms with Gasteiger partial charge in [-0.15, -0.1) is 11.3 Å². The quantitative estimate of drug-likeness (QED) is 0.633. The van der Waals surface area contributed by atoms with Gasteiger partial charge in [0.05, 0.1) is 0 Å². The minimum absolute atomic E-state index is 0.0615. The van der Waals surface area contributed by atoms with Crippen molar-refractivity contribution in [2.75, 3.05) is 0 Å². The van der Waals surface area contributed by atoms with E-state index in [1.54, 1.807) is 6.07 Å². The molecule has 0 fully saturated rings. The van der Waals surface area contributed by atoms with Crippen LogP contribution in [0.3, 0.4) is 0 Å². The van der Waals surface area contributed by atoms with E-state index in [9.17, 15) is 4.39 Å². The molecule has 0 spiro atoms. The molecule has 0 radical (unpaired) electrons. The van der Waals surface area contributed by atoms with E-state index in [-0.39, 0.29) is 10.5 Å². The number of hydrogen-bond acceptors (Lipinski definition) is 1. The standard InChI is InChI=1S/C11H17FS/c1-7(2)8-6-9(12)13-10(8)11(3,4)5/h6-7H,1-5H3. The molecule has 0 aliphatic carbocycles. The Kier molecular flexibility index (Phi) is 2.81. The molecular weight excluding hydrogens is 183 g/mol. The highest BCUT2D eigenvalue weighted by Gasteiger charge is 2.22. The molecule has 0 aliphatic heterocycles. The first-order valence-electron chi connectivity index (χ1n) is 4.62. The Bertz CT molecular complexity index is 292. The first-order chi connectivity index (χ1) is 5.82. The summed E-state index contributed by atoms with van der Waals surface area (Å²) in [6.07, 6.45) is 0. The summed E-state index contributed by atoms with van der Waals surface area (Å²) in [6.45, 7) is 10.6. The molecule has 0 N–H and O–H groups in total. The third-order valence-electron chi connectivity index (χ3n) is 2.03. The summed E-state index contributed by atoms with van der Waals surface area (Å²) < 4.78 is 13.1. The van der Waals surface area contributed by atoms with Crippen LogP contribution < -0.4 is 0 Å². The summed E-state index contributed by atoms with van der Waals surface area (Å²) in [5.41, 5.74) is 1.23. The van der Waals surface area contributed by atoms with E-state index in [0.29, 0.717) is 5.92 Å². The maximum Gasteiger partial charge on any atom is 0.176 e. The molecule has 0 atom stereocenters. The van der Waals surface area contributed by atoms with Gasteiger partial charge in [0.1, 0.15) is 0 Å². The molecule has 0 amide bonds. The Morgan fingerprint density at radius 3 is 2.15 bits per heavy atom. The van der Waals surface area contributed by atoms with E-state index in [2.05, 4.69) is 34.6 Å². The van der Waals surface area contributed by atoms with Crippen molar-refractivity contribution in [2.24, 2.45) is 0 Å².